The summed E-state index contributed by atoms with van der Waals surface area (Å²) in [5, 5.41) is 3.96. The predicted molar refractivity (Wildman–Crippen MR) is 114 cm³/mol. The number of nitrogens with zero attached hydrogens (tertiary/aromatic N) is 3. The number of aryl methyl sites for hydroxylation is 1. The van der Waals surface area contributed by atoms with Crippen LogP contribution in [0.4, 0.5) is 11.5 Å². The molecule has 6 nitrogen and oxygen atoms in total. The Kier molecular flexibility index (Phi) is 5.74. The van der Waals surface area contributed by atoms with Crippen molar-refractivity contribution in [3.8, 4) is 11.4 Å². The van der Waals surface area contributed by atoms with Crippen molar-refractivity contribution in [2.75, 3.05) is 31.6 Å². The first kappa shape index (κ1) is 19.4. The summed E-state index contributed by atoms with van der Waals surface area (Å²) in [6.07, 6.45) is 0. The zero-order chi connectivity index (χ0) is 20.2. The normalized spacial score (nSPS) is 13.9. The molecule has 0 unspecified atom stereocenters. The number of aromatic nitrogens is 2. The molecule has 0 saturated carbocycles. The third-order valence-corrected chi connectivity index (χ3v) is 4.89. The van der Waals surface area contributed by atoms with Gasteiger partial charge in [0, 0.05) is 46.7 Å². The van der Waals surface area contributed by atoms with Gasteiger partial charge in [0.05, 0.1) is 13.2 Å². The van der Waals surface area contributed by atoms with Crippen LogP contribution in [0.25, 0.3) is 11.4 Å². The van der Waals surface area contributed by atoms with E-state index < -0.39 is 0 Å². The molecule has 1 fully saturated rings. The first-order valence-electron chi connectivity index (χ1n) is 9.44. The monoisotopic (exact) mass is 408 g/mol. The van der Waals surface area contributed by atoms with E-state index >= 15 is 0 Å². The average molecular weight is 409 g/mol. The van der Waals surface area contributed by atoms with Gasteiger partial charge in [-0.25, -0.2) is 9.97 Å². The Labute approximate surface area is 174 Å². The molecule has 1 amide bonds. The fourth-order valence-corrected chi connectivity index (χ4v) is 3.31. The van der Waals surface area contributed by atoms with Gasteiger partial charge in [0.25, 0.3) is 5.91 Å². The molecule has 2 aromatic carbocycles. The summed E-state index contributed by atoms with van der Waals surface area (Å²) in [4.78, 5) is 23.7. The van der Waals surface area contributed by atoms with Crippen molar-refractivity contribution in [2.24, 2.45) is 0 Å². The molecule has 1 aliphatic heterocycles. The predicted octanol–water partition coefficient (Wildman–Crippen LogP) is 4.32. The first-order chi connectivity index (χ1) is 14.1. The van der Waals surface area contributed by atoms with Crippen LogP contribution in [0.15, 0.2) is 54.6 Å². The maximum absolute atomic E-state index is 12.7. The van der Waals surface area contributed by atoms with Gasteiger partial charge in [-0.1, -0.05) is 17.7 Å². The van der Waals surface area contributed by atoms with Crippen molar-refractivity contribution < 1.29 is 9.53 Å². The maximum atomic E-state index is 12.7. The Hall–Kier alpha value is -2.96. The van der Waals surface area contributed by atoms with Gasteiger partial charge in [-0.05, 0) is 49.4 Å². The van der Waals surface area contributed by atoms with Crippen molar-refractivity contribution in [3.63, 3.8) is 0 Å². The molecule has 1 saturated heterocycles. The highest BCUT2D eigenvalue weighted by Gasteiger charge is 2.18. The lowest BCUT2D eigenvalue weighted by molar-refractivity contribution is 0.0303. The van der Waals surface area contributed by atoms with E-state index in [9.17, 15) is 4.79 Å². The average Bonchev–Trinajstić information content (AvgIpc) is 2.74. The number of hydrogen-bond acceptors (Lipinski definition) is 5. The second-order valence-corrected chi connectivity index (χ2v) is 7.27. The lowest BCUT2D eigenvalue weighted by Gasteiger charge is -2.27. The van der Waals surface area contributed by atoms with Crippen LogP contribution in [0.3, 0.4) is 0 Å². The number of hydrogen-bond donors (Lipinski definition) is 1. The minimum Gasteiger partial charge on any atom is -0.378 e. The molecule has 2 heterocycles. The number of morpholine rings is 1. The molecular weight excluding hydrogens is 388 g/mol. The summed E-state index contributed by atoms with van der Waals surface area (Å²) in [5.41, 5.74) is 3.16. The van der Waals surface area contributed by atoms with Crippen molar-refractivity contribution in [3.05, 3.63) is 70.9 Å². The summed E-state index contributed by atoms with van der Waals surface area (Å²) < 4.78 is 5.33. The fraction of sp³-hybridized carbons (Fsp3) is 0.227. The van der Waals surface area contributed by atoms with E-state index in [-0.39, 0.29) is 5.91 Å². The number of carbonyl (C=O) groups is 1. The van der Waals surface area contributed by atoms with E-state index in [0.29, 0.717) is 48.5 Å². The third kappa shape index (κ3) is 4.72. The standard InChI is InChI=1S/C22H21ClN4O2/c1-15-13-20(26-21(24-15)16-5-7-18(23)8-6-16)25-19-4-2-3-17(14-19)22(28)27-9-11-29-12-10-27/h2-8,13-14H,9-12H2,1H3,(H,24,25,26). The lowest BCUT2D eigenvalue weighted by atomic mass is 10.1. The molecule has 0 bridgehead atoms. The number of ether oxygens (including phenoxy) is 1. The minimum absolute atomic E-state index is 0.0117. The van der Waals surface area contributed by atoms with E-state index in [1.54, 1.807) is 0 Å². The van der Waals surface area contributed by atoms with Crippen LogP contribution in [0.1, 0.15) is 16.1 Å². The van der Waals surface area contributed by atoms with Crippen molar-refractivity contribution in [2.45, 2.75) is 6.92 Å². The van der Waals surface area contributed by atoms with Crippen LogP contribution in [0, 0.1) is 6.92 Å². The summed E-state index contributed by atoms with van der Waals surface area (Å²) in [7, 11) is 0. The Bertz CT molecular complexity index is 1020. The molecule has 0 radical (unpaired) electrons. The van der Waals surface area contributed by atoms with Crippen molar-refractivity contribution >= 4 is 29.0 Å². The summed E-state index contributed by atoms with van der Waals surface area (Å²) >= 11 is 5.97. The number of amides is 1. The quantitative estimate of drug-likeness (QED) is 0.696. The SMILES string of the molecule is Cc1cc(Nc2cccc(C(=O)N3CCOCC3)c2)nc(-c2ccc(Cl)cc2)n1. The molecule has 3 aromatic rings. The van der Waals surface area contributed by atoms with E-state index in [0.717, 1.165) is 16.9 Å². The van der Waals surface area contributed by atoms with Crippen LogP contribution in [-0.4, -0.2) is 47.1 Å². The number of rotatable bonds is 4. The highest BCUT2D eigenvalue weighted by molar-refractivity contribution is 6.30. The molecule has 1 aromatic heterocycles. The first-order valence-corrected chi connectivity index (χ1v) is 9.82. The van der Waals surface area contributed by atoms with Gasteiger partial charge in [-0.3, -0.25) is 4.79 Å². The van der Waals surface area contributed by atoms with Gasteiger partial charge >= 0.3 is 0 Å². The van der Waals surface area contributed by atoms with Crippen LogP contribution in [0.5, 0.6) is 0 Å². The van der Waals surface area contributed by atoms with E-state index in [2.05, 4.69) is 15.3 Å². The zero-order valence-electron chi connectivity index (χ0n) is 16.1. The molecule has 4 rings (SSSR count). The fourth-order valence-electron chi connectivity index (χ4n) is 3.19. The van der Waals surface area contributed by atoms with E-state index in [1.165, 1.54) is 0 Å². The smallest absolute Gasteiger partial charge is 0.254 e. The molecule has 0 spiro atoms. The van der Waals surface area contributed by atoms with Crippen molar-refractivity contribution in [1.29, 1.82) is 0 Å². The zero-order valence-corrected chi connectivity index (χ0v) is 16.8. The second-order valence-electron chi connectivity index (χ2n) is 6.84. The number of anilines is 2. The molecule has 1 N–H and O–H groups in total. The highest BCUT2D eigenvalue weighted by atomic mass is 35.5. The Morgan fingerprint density at radius 2 is 1.83 bits per heavy atom. The van der Waals surface area contributed by atoms with Gasteiger partial charge in [-0.2, -0.15) is 0 Å². The largest absolute Gasteiger partial charge is 0.378 e. The Balaban J connectivity index is 1.56. The topological polar surface area (TPSA) is 67.4 Å². The molecule has 0 aliphatic carbocycles. The maximum Gasteiger partial charge on any atom is 0.254 e. The molecule has 7 heteroatoms. The van der Waals surface area contributed by atoms with Gasteiger partial charge in [0.2, 0.25) is 0 Å². The summed E-state index contributed by atoms with van der Waals surface area (Å²) in [6.45, 7) is 4.32. The number of nitrogens with one attached hydrogen (secondary N) is 1. The van der Waals surface area contributed by atoms with Gasteiger partial charge < -0.3 is 15.0 Å². The number of benzene rings is 2. The Morgan fingerprint density at radius 1 is 1.07 bits per heavy atom. The Morgan fingerprint density at radius 3 is 2.59 bits per heavy atom. The number of halogens is 1. The van der Waals surface area contributed by atoms with Gasteiger partial charge in [-0.15, -0.1) is 0 Å². The van der Waals surface area contributed by atoms with Crippen LogP contribution in [0.2, 0.25) is 5.02 Å². The van der Waals surface area contributed by atoms with Gasteiger partial charge in [0.1, 0.15) is 5.82 Å². The molecule has 1 aliphatic rings. The molecular formula is C22H21ClN4O2. The van der Waals surface area contributed by atoms with E-state index in [4.69, 9.17) is 16.3 Å². The highest BCUT2D eigenvalue weighted by Crippen LogP contribution is 2.23. The van der Waals surface area contributed by atoms with Gasteiger partial charge in [0.15, 0.2) is 5.82 Å². The lowest BCUT2D eigenvalue weighted by Crippen LogP contribution is -2.40. The van der Waals surface area contributed by atoms with Crippen LogP contribution >= 0.6 is 11.6 Å². The number of carbonyl (C=O) groups excluding carboxylic acids is 1. The second kappa shape index (κ2) is 8.59. The summed E-state index contributed by atoms with van der Waals surface area (Å²) in [6, 6.07) is 16.7. The summed E-state index contributed by atoms with van der Waals surface area (Å²) in [5.74, 6) is 1.29. The molecule has 0 atom stereocenters. The van der Waals surface area contributed by atoms with Crippen molar-refractivity contribution in [1.82, 2.24) is 14.9 Å². The van der Waals surface area contributed by atoms with Crippen LogP contribution < -0.4 is 5.32 Å². The van der Waals surface area contributed by atoms with Crippen LogP contribution in [-0.2, 0) is 4.74 Å². The molecule has 148 valence electrons. The van der Waals surface area contributed by atoms with E-state index in [1.807, 2.05) is 66.4 Å². The molecule has 29 heavy (non-hydrogen) atoms. The third-order valence-electron chi connectivity index (χ3n) is 4.64. The minimum atomic E-state index is 0.0117.